The van der Waals surface area contributed by atoms with Gasteiger partial charge in [-0.1, -0.05) is 37.3 Å². The van der Waals surface area contributed by atoms with Gasteiger partial charge in [0.25, 0.3) is 0 Å². The molecule has 104 valence electrons. The van der Waals surface area contributed by atoms with E-state index in [1.807, 2.05) is 49.0 Å². The summed E-state index contributed by atoms with van der Waals surface area (Å²) in [6, 6.07) is 9.64. The Labute approximate surface area is 120 Å². The van der Waals surface area contributed by atoms with Crippen LogP contribution in [-0.2, 0) is 0 Å². The van der Waals surface area contributed by atoms with E-state index >= 15 is 0 Å². The Morgan fingerprint density at radius 2 is 2.05 bits per heavy atom. The summed E-state index contributed by atoms with van der Waals surface area (Å²) in [6.07, 6.45) is 0. The smallest absolute Gasteiger partial charge is 0.166 e. The number of benzene rings is 1. The summed E-state index contributed by atoms with van der Waals surface area (Å²) in [5.74, 6) is 1.50. The summed E-state index contributed by atoms with van der Waals surface area (Å²) in [5.41, 5.74) is 0.834. The van der Waals surface area contributed by atoms with Crippen molar-refractivity contribution in [3.8, 4) is 0 Å². The van der Waals surface area contributed by atoms with Crippen molar-refractivity contribution >= 4 is 17.5 Å². The largest absolute Gasteiger partial charge is 0.300 e. The Balaban J connectivity index is 1.94. The van der Waals surface area contributed by atoms with Crippen LogP contribution in [0.2, 0.25) is 0 Å². The highest BCUT2D eigenvalue weighted by molar-refractivity contribution is 8.00. The molecule has 0 aromatic heterocycles. The van der Waals surface area contributed by atoms with Crippen LogP contribution in [0, 0.1) is 5.92 Å². The molecule has 0 saturated carbocycles. The number of hydrogen-bond donors (Lipinski definition) is 0. The number of hydrogen-bond acceptors (Lipinski definition) is 3. The van der Waals surface area contributed by atoms with Gasteiger partial charge in [0, 0.05) is 41.6 Å². The fourth-order valence-electron chi connectivity index (χ4n) is 2.63. The summed E-state index contributed by atoms with van der Waals surface area (Å²) in [6.45, 7) is 9.66. The molecule has 0 aliphatic carbocycles. The van der Waals surface area contributed by atoms with Gasteiger partial charge in [0.2, 0.25) is 0 Å². The van der Waals surface area contributed by atoms with E-state index in [1.54, 1.807) is 0 Å². The summed E-state index contributed by atoms with van der Waals surface area (Å²) in [5, 5.41) is 0. The van der Waals surface area contributed by atoms with Gasteiger partial charge in [-0.25, -0.2) is 0 Å². The second kappa shape index (κ2) is 6.10. The topological polar surface area (TPSA) is 20.3 Å². The van der Waals surface area contributed by atoms with Crippen molar-refractivity contribution in [1.82, 2.24) is 4.90 Å². The minimum Gasteiger partial charge on any atom is -0.300 e. The normalized spacial score (nSPS) is 21.0. The number of Topliss-reactive ketones (excluding diaryl/α,β-unsaturated/α-hetero) is 1. The first-order chi connectivity index (χ1) is 8.98. The predicted molar refractivity (Wildman–Crippen MR) is 82.9 cm³/mol. The molecule has 0 amide bonds. The molecular weight excluding hydrogens is 254 g/mol. The molecule has 1 aromatic carbocycles. The maximum Gasteiger partial charge on any atom is 0.166 e. The predicted octanol–water partition coefficient (Wildman–Crippen LogP) is 3.33. The fourth-order valence-corrected chi connectivity index (χ4v) is 3.80. The van der Waals surface area contributed by atoms with Crippen LogP contribution in [0.25, 0.3) is 0 Å². The average Bonchev–Trinajstić information content (AvgIpc) is 2.37. The van der Waals surface area contributed by atoms with Gasteiger partial charge in [-0.3, -0.25) is 4.79 Å². The Hall–Kier alpha value is -0.800. The van der Waals surface area contributed by atoms with Crippen LogP contribution < -0.4 is 0 Å². The second-order valence-corrected chi connectivity index (χ2v) is 7.78. The van der Waals surface area contributed by atoms with Crippen molar-refractivity contribution in [2.45, 2.75) is 25.5 Å². The summed E-state index contributed by atoms with van der Waals surface area (Å²) in [7, 11) is 0. The van der Waals surface area contributed by atoms with Gasteiger partial charge in [-0.15, -0.1) is 0 Å². The molecule has 1 atom stereocenters. The summed E-state index contributed by atoms with van der Waals surface area (Å²) >= 11 is 2.03. The molecule has 1 aromatic rings. The number of carbonyl (C=O) groups excluding carboxylic acids is 1. The third-order valence-corrected chi connectivity index (χ3v) is 4.84. The standard InChI is InChI=1S/C16H23NOS/c1-13(15(18)14-7-5-4-6-8-14)11-17-9-10-19-16(2,3)12-17/h4-8,13H,9-12H2,1-3H3. The summed E-state index contributed by atoms with van der Waals surface area (Å²) < 4.78 is 0.313. The number of thioether (sulfide) groups is 1. The lowest BCUT2D eigenvalue weighted by atomic mass is 9.98. The second-order valence-electron chi connectivity index (χ2n) is 5.97. The zero-order valence-electron chi connectivity index (χ0n) is 12.1. The lowest BCUT2D eigenvalue weighted by Crippen LogP contribution is -2.45. The quantitative estimate of drug-likeness (QED) is 0.787. The monoisotopic (exact) mass is 277 g/mol. The third kappa shape index (κ3) is 4.08. The average molecular weight is 277 g/mol. The summed E-state index contributed by atoms with van der Waals surface area (Å²) in [4.78, 5) is 14.8. The Kier molecular flexibility index (Phi) is 4.69. The highest BCUT2D eigenvalue weighted by Gasteiger charge is 2.28. The van der Waals surface area contributed by atoms with E-state index < -0.39 is 0 Å². The number of rotatable bonds is 4. The van der Waals surface area contributed by atoms with Gasteiger partial charge in [-0.2, -0.15) is 11.8 Å². The molecule has 1 aliphatic rings. The molecule has 1 heterocycles. The molecule has 3 heteroatoms. The lowest BCUT2D eigenvalue weighted by molar-refractivity contribution is 0.0891. The molecule has 1 saturated heterocycles. The van der Waals surface area contributed by atoms with Crippen molar-refractivity contribution in [2.75, 3.05) is 25.4 Å². The molecular formula is C16H23NOS. The van der Waals surface area contributed by atoms with Gasteiger partial charge in [0.15, 0.2) is 5.78 Å². The minimum absolute atomic E-state index is 0.0706. The first-order valence-corrected chi connectivity index (χ1v) is 7.92. The van der Waals surface area contributed by atoms with Crippen LogP contribution in [-0.4, -0.2) is 40.8 Å². The van der Waals surface area contributed by atoms with Crippen LogP contribution in [0.5, 0.6) is 0 Å². The van der Waals surface area contributed by atoms with Crippen molar-refractivity contribution in [3.05, 3.63) is 35.9 Å². The van der Waals surface area contributed by atoms with E-state index in [-0.39, 0.29) is 11.7 Å². The fraction of sp³-hybridized carbons (Fsp3) is 0.562. The molecule has 19 heavy (non-hydrogen) atoms. The van der Waals surface area contributed by atoms with Crippen molar-refractivity contribution in [3.63, 3.8) is 0 Å². The van der Waals surface area contributed by atoms with Crippen LogP contribution in [0.4, 0.5) is 0 Å². The minimum atomic E-state index is 0.0706. The van der Waals surface area contributed by atoms with Crippen molar-refractivity contribution in [1.29, 1.82) is 0 Å². The molecule has 1 unspecified atom stereocenters. The highest BCUT2D eigenvalue weighted by Crippen LogP contribution is 2.29. The van der Waals surface area contributed by atoms with Crippen LogP contribution >= 0.6 is 11.8 Å². The first-order valence-electron chi connectivity index (χ1n) is 6.93. The van der Waals surface area contributed by atoms with Crippen LogP contribution in [0.15, 0.2) is 30.3 Å². The van der Waals surface area contributed by atoms with Crippen LogP contribution in [0.3, 0.4) is 0 Å². The number of nitrogens with zero attached hydrogens (tertiary/aromatic N) is 1. The molecule has 0 radical (unpaired) electrons. The van der Waals surface area contributed by atoms with E-state index in [9.17, 15) is 4.79 Å². The van der Waals surface area contributed by atoms with Crippen molar-refractivity contribution in [2.24, 2.45) is 5.92 Å². The molecule has 0 bridgehead atoms. The molecule has 0 N–H and O–H groups in total. The molecule has 1 fully saturated rings. The van der Waals surface area contributed by atoms with E-state index in [2.05, 4.69) is 18.7 Å². The molecule has 2 rings (SSSR count). The maximum absolute atomic E-state index is 12.3. The van der Waals surface area contributed by atoms with Gasteiger partial charge in [0.05, 0.1) is 0 Å². The molecule has 0 spiro atoms. The lowest BCUT2D eigenvalue weighted by Gasteiger charge is -2.38. The first kappa shape index (κ1) is 14.6. The van der Waals surface area contributed by atoms with E-state index in [0.717, 1.165) is 25.2 Å². The molecule has 2 nitrogen and oxygen atoms in total. The van der Waals surface area contributed by atoms with E-state index in [1.165, 1.54) is 5.75 Å². The van der Waals surface area contributed by atoms with Gasteiger partial charge >= 0.3 is 0 Å². The van der Waals surface area contributed by atoms with Crippen LogP contribution in [0.1, 0.15) is 31.1 Å². The Morgan fingerprint density at radius 3 is 2.68 bits per heavy atom. The van der Waals surface area contributed by atoms with Gasteiger partial charge in [-0.05, 0) is 13.8 Å². The molecule has 1 aliphatic heterocycles. The maximum atomic E-state index is 12.3. The Morgan fingerprint density at radius 1 is 1.37 bits per heavy atom. The number of ketones is 1. The van der Waals surface area contributed by atoms with Crippen molar-refractivity contribution < 1.29 is 4.79 Å². The zero-order chi connectivity index (χ0) is 13.9. The Bertz CT molecular complexity index is 430. The SMILES string of the molecule is CC(CN1CCSC(C)(C)C1)C(=O)c1ccccc1. The van der Waals surface area contributed by atoms with E-state index in [4.69, 9.17) is 0 Å². The van der Waals surface area contributed by atoms with E-state index in [0.29, 0.717) is 4.75 Å². The zero-order valence-corrected chi connectivity index (χ0v) is 12.9. The van der Waals surface area contributed by atoms with Gasteiger partial charge in [0.1, 0.15) is 0 Å². The van der Waals surface area contributed by atoms with Gasteiger partial charge < -0.3 is 4.90 Å². The third-order valence-electron chi connectivity index (χ3n) is 3.54. The number of carbonyl (C=O) groups is 1. The highest BCUT2D eigenvalue weighted by atomic mass is 32.2.